The molecule has 0 radical (unpaired) electrons. The summed E-state index contributed by atoms with van der Waals surface area (Å²) in [4.78, 5) is 4.73. The van der Waals surface area contributed by atoms with Crippen molar-refractivity contribution in [2.75, 3.05) is 0 Å². The number of aromatic nitrogens is 3. The first-order valence-electron chi connectivity index (χ1n) is 9.12. The lowest BCUT2D eigenvalue weighted by atomic mass is 9.94. The van der Waals surface area contributed by atoms with Gasteiger partial charge in [-0.1, -0.05) is 11.6 Å². The fraction of sp³-hybridized carbons (Fsp3) is 0.400. The lowest BCUT2D eigenvalue weighted by Crippen LogP contribution is -2.25. The van der Waals surface area contributed by atoms with Crippen LogP contribution >= 0.6 is 11.6 Å². The lowest BCUT2D eigenvalue weighted by Gasteiger charge is -2.26. The van der Waals surface area contributed by atoms with Crippen LogP contribution in [0.5, 0.6) is 5.88 Å². The third kappa shape index (κ3) is 2.60. The maximum atomic E-state index is 6.34. The van der Waals surface area contributed by atoms with E-state index < -0.39 is 0 Å². The highest BCUT2D eigenvalue weighted by molar-refractivity contribution is 6.30. The Kier molecular flexibility index (Phi) is 3.66. The SMILES string of the molecule is Clc1ccc(-n2nc3c4c(ncc3c2OC2CCC2)CCCC4)cc1. The third-order valence-electron chi connectivity index (χ3n) is 5.35. The van der Waals surface area contributed by atoms with Crippen molar-refractivity contribution < 1.29 is 4.74 Å². The largest absolute Gasteiger partial charge is 0.474 e. The second-order valence-corrected chi connectivity index (χ2v) is 7.45. The maximum Gasteiger partial charge on any atom is 0.226 e. The molecule has 0 atom stereocenters. The first-order chi connectivity index (χ1) is 12.3. The van der Waals surface area contributed by atoms with Gasteiger partial charge in [0.05, 0.1) is 11.1 Å². The molecular weight excluding hydrogens is 334 g/mol. The van der Waals surface area contributed by atoms with Gasteiger partial charge in [-0.3, -0.25) is 4.98 Å². The molecule has 2 aliphatic carbocycles. The Labute approximate surface area is 151 Å². The first-order valence-corrected chi connectivity index (χ1v) is 9.49. The highest BCUT2D eigenvalue weighted by Crippen LogP contribution is 2.36. The molecule has 3 aromatic rings. The van der Waals surface area contributed by atoms with Crippen molar-refractivity contribution >= 4 is 22.5 Å². The molecule has 5 heteroatoms. The van der Waals surface area contributed by atoms with Crippen LogP contribution in [0.4, 0.5) is 0 Å². The Bertz CT molecular complexity index is 928. The summed E-state index contributed by atoms with van der Waals surface area (Å²) in [6.07, 6.45) is 10.3. The predicted octanol–water partition coefficient (Wildman–Crippen LogP) is 4.88. The summed E-state index contributed by atoms with van der Waals surface area (Å²) >= 11 is 6.06. The molecule has 0 unspecified atom stereocenters. The molecule has 25 heavy (non-hydrogen) atoms. The average molecular weight is 354 g/mol. The van der Waals surface area contributed by atoms with Crippen molar-refractivity contribution in [3.05, 3.63) is 46.7 Å². The molecule has 4 nitrogen and oxygen atoms in total. The van der Waals surface area contributed by atoms with Crippen LogP contribution in [0.3, 0.4) is 0 Å². The smallest absolute Gasteiger partial charge is 0.226 e. The molecule has 2 heterocycles. The van der Waals surface area contributed by atoms with Gasteiger partial charge in [0, 0.05) is 22.5 Å². The van der Waals surface area contributed by atoms with Crippen LogP contribution in [-0.2, 0) is 12.8 Å². The number of fused-ring (bicyclic) bond motifs is 3. The van der Waals surface area contributed by atoms with E-state index in [2.05, 4.69) is 0 Å². The zero-order valence-corrected chi connectivity index (χ0v) is 14.8. The van der Waals surface area contributed by atoms with E-state index in [-0.39, 0.29) is 0 Å². The van der Waals surface area contributed by atoms with Crippen LogP contribution in [0.2, 0.25) is 5.02 Å². The van der Waals surface area contributed by atoms with Crippen molar-refractivity contribution in [3.63, 3.8) is 0 Å². The van der Waals surface area contributed by atoms with Crippen LogP contribution in [0, 0.1) is 0 Å². The molecule has 0 spiro atoms. The molecule has 128 valence electrons. The van der Waals surface area contributed by atoms with Gasteiger partial charge in [-0.05, 0) is 69.2 Å². The van der Waals surface area contributed by atoms with E-state index >= 15 is 0 Å². The van der Waals surface area contributed by atoms with Gasteiger partial charge < -0.3 is 4.74 Å². The highest BCUT2D eigenvalue weighted by atomic mass is 35.5. The topological polar surface area (TPSA) is 39.9 Å². The number of halogens is 1. The summed E-state index contributed by atoms with van der Waals surface area (Å²) in [5.41, 5.74) is 4.53. The van der Waals surface area contributed by atoms with Gasteiger partial charge >= 0.3 is 0 Å². The van der Waals surface area contributed by atoms with Crippen molar-refractivity contribution in [1.82, 2.24) is 14.8 Å². The van der Waals surface area contributed by atoms with Crippen molar-refractivity contribution in [3.8, 4) is 11.6 Å². The summed E-state index contributed by atoms with van der Waals surface area (Å²) < 4.78 is 8.26. The zero-order chi connectivity index (χ0) is 16.8. The van der Waals surface area contributed by atoms with Gasteiger partial charge in [-0.15, -0.1) is 0 Å². The summed E-state index contributed by atoms with van der Waals surface area (Å²) in [5, 5.41) is 6.70. The molecule has 0 bridgehead atoms. The number of ether oxygens (including phenoxy) is 1. The van der Waals surface area contributed by atoms with E-state index in [0.29, 0.717) is 6.10 Å². The molecule has 1 saturated carbocycles. The summed E-state index contributed by atoms with van der Waals surface area (Å²) in [7, 11) is 0. The second-order valence-electron chi connectivity index (χ2n) is 7.02. The quantitative estimate of drug-likeness (QED) is 0.673. The number of benzene rings is 1. The van der Waals surface area contributed by atoms with Crippen molar-refractivity contribution in [2.24, 2.45) is 0 Å². The van der Waals surface area contributed by atoms with E-state index in [1.807, 2.05) is 35.1 Å². The Morgan fingerprint density at radius 2 is 1.84 bits per heavy atom. The number of hydrogen-bond acceptors (Lipinski definition) is 3. The second kappa shape index (κ2) is 6.03. The van der Waals surface area contributed by atoms with Gasteiger partial charge in [-0.25, -0.2) is 0 Å². The Morgan fingerprint density at radius 3 is 2.60 bits per heavy atom. The molecule has 1 fully saturated rings. The van der Waals surface area contributed by atoms with Gasteiger partial charge in [0.1, 0.15) is 11.6 Å². The average Bonchev–Trinajstić information content (AvgIpc) is 2.97. The molecule has 5 rings (SSSR count). The summed E-state index contributed by atoms with van der Waals surface area (Å²) in [6, 6.07) is 7.76. The molecule has 1 aromatic carbocycles. The van der Waals surface area contributed by atoms with Gasteiger partial charge in [-0.2, -0.15) is 9.78 Å². The number of rotatable bonds is 3. The summed E-state index contributed by atoms with van der Waals surface area (Å²) in [5.74, 6) is 0.822. The standard InChI is InChI=1S/C20H20ClN3O/c21-13-8-10-14(11-9-13)24-20(25-15-4-3-5-15)17-12-22-18-7-2-1-6-16(18)19(17)23-24/h8-12,15H,1-7H2. The van der Waals surface area contributed by atoms with Gasteiger partial charge in [0.15, 0.2) is 0 Å². The number of hydrogen-bond donors (Lipinski definition) is 0. The van der Waals surface area contributed by atoms with E-state index in [9.17, 15) is 0 Å². The molecular formula is C20H20ClN3O. The Balaban J connectivity index is 1.70. The number of nitrogens with zero attached hydrogens (tertiary/aromatic N) is 3. The van der Waals surface area contributed by atoms with Crippen LogP contribution in [0.25, 0.3) is 16.6 Å². The fourth-order valence-corrected chi connectivity index (χ4v) is 3.83. The minimum Gasteiger partial charge on any atom is -0.474 e. The Hall–Kier alpha value is -2.07. The molecule has 0 aliphatic heterocycles. The minimum atomic E-state index is 0.294. The maximum absolute atomic E-state index is 6.34. The van der Waals surface area contributed by atoms with E-state index in [0.717, 1.165) is 53.2 Å². The fourth-order valence-electron chi connectivity index (χ4n) is 3.70. The molecule has 2 aliphatic rings. The van der Waals surface area contributed by atoms with Crippen LogP contribution < -0.4 is 4.74 Å². The minimum absolute atomic E-state index is 0.294. The van der Waals surface area contributed by atoms with E-state index in [1.165, 1.54) is 30.5 Å². The van der Waals surface area contributed by atoms with Gasteiger partial charge in [0.2, 0.25) is 5.88 Å². The zero-order valence-electron chi connectivity index (χ0n) is 14.0. The first kappa shape index (κ1) is 15.2. The summed E-state index contributed by atoms with van der Waals surface area (Å²) in [6.45, 7) is 0. The Morgan fingerprint density at radius 1 is 1.04 bits per heavy atom. The number of aryl methyl sites for hydroxylation is 2. The lowest BCUT2D eigenvalue weighted by molar-refractivity contribution is 0.113. The normalized spacial score (nSPS) is 17.3. The monoisotopic (exact) mass is 353 g/mol. The predicted molar refractivity (Wildman–Crippen MR) is 98.8 cm³/mol. The van der Waals surface area contributed by atoms with E-state index in [4.69, 9.17) is 26.4 Å². The van der Waals surface area contributed by atoms with E-state index in [1.54, 1.807) is 0 Å². The molecule has 0 N–H and O–H groups in total. The van der Waals surface area contributed by atoms with Crippen LogP contribution in [0.15, 0.2) is 30.5 Å². The van der Waals surface area contributed by atoms with Crippen LogP contribution in [-0.4, -0.2) is 20.9 Å². The van der Waals surface area contributed by atoms with Crippen molar-refractivity contribution in [2.45, 2.75) is 51.0 Å². The van der Waals surface area contributed by atoms with Gasteiger partial charge in [0.25, 0.3) is 0 Å². The molecule has 0 amide bonds. The third-order valence-corrected chi connectivity index (χ3v) is 5.61. The van der Waals surface area contributed by atoms with Crippen LogP contribution in [0.1, 0.15) is 43.4 Å². The number of pyridine rings is 1. The highest BCUT2D eigenvalue weighted by Gasteiger charge is 2.26. The van der Waals surface area contributed by atoms with Crippen molar-refractivity contribution in [1.29, 1.82) is 0 Å². The molecule has 2 aromatic heterocycles. The molecule has 0 saturated heterocycles.